The summed E-state index contributed by atoms with van der Waals surface area (Å²) in [6.45, 7) is 0.485. The maximum atomic E-state index is 10.4. The average Bonchev–Trinajstić information content (AvgIpc) is 2.68. The zero-order valence-corrected chi connectivity index (χ0v) is 9.70. The third-order valence-corrected chi connectivity index (χ3v) is 2.48. The summed E-state index contributed by atoms with van der Waals surface area (Å²) >= 11 is 0. The van der Waals surface area contributed by atoms with Crippen LogP contribution in [0.4, 0.5) is 17.3 Å². The number of nitrogens with two attached hydrogens (primary N) is 1. The monoisotopic (exact) mass is 248 g/mol. The van der Waals surface area contributed by atoms with Crippen molar-refractivity contribution in [2.45, 2.75) is 6.54 Å². The van der Waals surface area contributed by atoms with Crippen LogP contribution >= 0.6 is 0 Å². The molecule has 0 amide bonds. The van der Waals surface area contributed by atoms with Crippen LogP contribution in [-0.2, 0) is 13.6 Å². The van der Waals surface area contributed by atoms with E-state index in [2.05, 4.69) is 15.4 Å². The van der Waals surface area contributed by atoms with Crippen molar-refractivity contribution in [3.8, 4) is 0 Å². The molecule has 0 saturated heterocycles. The molecular formula is C10H12N6O2. The molecule has 0 aliphatic carbocycles. The quantitative estimate of drug-likeness (QED) is 0.614. The van der Waals surface area contributed by atoms with Crippen LogP contribution in [0.5, 0.6) is 0 Å². The van der Waals surface area contributed by atoms with E-state index >= 15 is 0 Å². The van der Waals surface area contributed by atoms with Gasteiger partial charge in [-0.25, -0.2) is 0 Å². The highest BCUT2D eigenvalue weighted by atomic mass is 16.6. The SMILES string of the molecule is Cn1ncc(CNc2ccc([N+](=O)[O-])nc2)c1N. The minimum atomic E-state index is -0.539. The van der Waals surface area contributed by atoms with Crippen LogP contribution in [0.25, 0.3) is 0 Å². The summed E-state index contributed by atoms with van der Waals surface area (Å²) in [5.41, 5.74) is 7.33. The second kappa shape index (κ2) is 4.70. The zero-order valence-electron chi connectivity index (χ0n) is 9.70. The molecule has 0 aliphatic heterocycles. The van der Waals surface area contributed by atoms with Crippen molar-refractivity contribution in [1.82, 2.24) is 14.8 Å². The lowest BCUT2D eigenvalue weighted by Crippen LogP contribution is -2.04. The van der Waals surface area contributed by atoms with Crippen LogP contribution in [0.15, 0.2) is 24.5 Å². The number of nitrogen functional groups attached to an aromatic ring is 1. The van der Waals surface area contributed by atoms with Gasteiger partial charge in [-0.05, 0) is 16.0 Å². The van der Waals surface area contributed by atoms with Crippen molar-refractivity contribution in [3.05, 3.63) is 40.2 Å². The van der Waals surface area contributed by atoms with Gasteiger partial charge in [0.1, 0.15) is 5.82 Å². The first-order chi connectivity index (χ1) is 8.58. The number of aromatic nitrogens is 3. The largest absolute Gasteiger partial charge is 0.384 e. The van der Waals surface area contributed by atoms with E-state index in [1.165, 1.54) is 12.3 Å². The fourth-order valence-electron chi connectivity index (χ4n) is 1.42. The van der Waals surface area contributed by atoms with Gasteiger partial charge in [-0.1, -0.05) is 0 Å². The topological polar surface area (TPSA) is 112 Å². The maximum Gasteiger partial charge on any atom is 0.363 e. The van der Waals surface area contributed by atoms with Gasteiger partial charge in [0.05, 0.1) is 11.9 Å². The molecule has 2 aromatic heterocycles. The van der Waals surface area contributed by atoms with Crippen molar-refractivity contribution >= 4 is 17.3 Å². The normalized spacial score (nSPS) is 10.3. The van der Waals surface area contributed by atoms with Gasteiger partial charge in [-0.15, -0.1) is 0 Å². The first-order valence-electron chi connectivity index (χ1n) is 5.18. The van der Waals surface area contributed by atoms with Gasteiger partial charge in [0.25, 0.3) is 0 Å². The highest BCUT2D eigenvalue weighted by Gasteiger charge is 2.07. The average molecular weight is 248 g/mol. The fraction of sp³-hybridized carbons (Fsp3) is 0.200. The second-order valence-electron chi connectivity index (χ2n) is 3.69. The zero-order chi connectivity index (χ0) is 13.1. The summed E-state index contributed by atoms with van der Waals surface area (Å²) in [6, 6.07) is 2.94. The third-order valence-electron chi connectivity index (χ3n) is 2.48. The van der Waals surface area contributed by atoms with Crippen molar-refractivity contribution < 1.29 is 4.92 Å². The van der Waals surface area contributed by atoms with Crippen molar-refractivity contribution in [2.24, 2.45) is 7.05 Å². The first-order valence-corrected chi connectivity index (χ1v) is 5.18. The molecule has 0 atom stereocenters. The standard InChI is InChI=1S/C10H12N6O2/c1-15-10(11)7(5-14-15)4-12-8-2-3-9(13-6-8)16(17)18/h2-3,5-6,12H,4,11H2,1H3. The van der Waals surface area contributed by atoms with Gasteiger partial charge < -0.3 is 21.2 Å². The van der Waals surface area contributed by atoms with Crippen LogP contribution in [0.1, 0.15) is 5.56 Å². The Morgan fingerprint density at radius 2 is 2.28 bits per heavy atom. The predicted octanol–water partition coefficient (Wildman–Crippen LogP) is 0.918. The van der Waals surface area contributed by atoms with Crippen LogP contribution in [0, 0.1) is 10.1 Å². The molecule has 0 spiro atoms. The van der Waals surface area contributed by atoms with Crippen LogP contribution in [0.3, 0.4) is 0 Å². The second-order valence-corrected chi connectivity index (χ2v) is 3.69. The number of anilines is 2. The van der Waals surface area contributed by atoms with E-state index in [0.717, 1.165) is 5.56 Å². The fourth-order valence-corrected chi connectivity index (χ4v) is 1.42. The Morgan fingerprint density at radius 1 is 1.50 bits per heavy atom. The van der Waals surface area contributed by atoms with Gasteiger partial charge in [-0.3, -0.25) is 4.68 Å². The lowest BCUT2D eigenvalue weighted by Gasteiger charge is -2.04. The molecule has 0 radical (unpaired) electrons. The molecule has 2 heterocycles. The van der Waals surface area contributed by atoms with Crippen LogP contribution in [0.2, 0.25) is 0 Å². The number of hydrogen-bond donors (Lipinski definition) is 2. The van der Waals surface area contributed by atoms with Crippen molar-refractivity contribution in [1.29, 1.82) is 0 Å². The number of aryl methyl sites for hydroxylation is 1. The minimum Gasteiger partial charge on any atom is -0.384 e. The summed E-state index contributed by atoms with van der Waals surface area (Å²) in [7, 11) is 1.76. The molecule has 2 aromatic rings. The Bertz CT molecular complexity index is 562. The Hall–Kier alpha value is -2.64. The molecule has 0 aromatic carbocycles. The summed E-state index contributed by atoms with van der Waals surface area (Å²) in [5.74, 6) is 0.402. The number of nitrogens with one attached hydrogen (secondary N) is 1. The molecule has 0 bridgehead atoms. The van der Waals surface area contributed by atoms with Gasteiger partial charge in [0.15, 0.2) is 6.20 Å². The molecule has 8 heteroatoms. The maximum absolute atomic E-state index is 10.4. The Morgan fingerprint density at radius 3 is 2.78 bits per heavy atom. The number of hydrogen-bond acceptors (Lipinski definition) is 6. The van der Waals surface area contributed by atoms with E-state index in [0.29, 0.717) is 18.1 Å². The van der Waals surface area contributed by atoms with E-state index in [4.69, 9.17) is 5.73 Å². The molecule has 2 rings (SSSR count). The lowest BCUT2D eigenvalue weighted by molar-refractivity contribution is -0.389. The van der Waals surface area contributed by atoms with E-state index in [9.17, 15) is 10.1 Å². The van der Waals surface area contributed by atoms with Crippen LogP contribution in [-0.4, -0.2) is 19.7 Å². The smallest absolute Gasteiger partial charge is 0.363 e. The van der Waals surface area contributed by atoms with E-state index in [-0.39, 0.29) is 5.82 Å². The Kier molecular flexibility index (Phi) is 3.09. The van der Waals surface area contributed by atoms with Crippen LogP contribution < -0.4 is 11.1 Å². The summed E-state index contributed by atoms with van der Waals surface area (Å²) in [4.78, 5) is 13.6. The van der Waals surface area contributed by atoms with Gasteiger partial charge in [0.2, 0.25) is 0 Å². The summed E-state index contributed by atoms with van der Waals surface area (Å²) < 4.78 is 1.57. The molecule has 18 heavy (non-hydrogen) atoms. The number of pyridine rings is 1. The van der Waals surface area contributed by atoms with Gasteiger partial charge in [-0.2, -0.15) is 5.10 Å². The molecule has 0 fully saturated rings. The first kappa shape index (κ1) is 11.8. The van der Waals surface area contributed by atoms with Gasteiger partial charge in [0, 0.05) is 25.2 Å². The Balaban J connectivity index is 2.02. The molecule has 8 nitrogen and oxygen atoms in total. The summed E-state index contributed by atoms with van der Waals surface area (Å²) in [6.07, 6.45) is 3.08. The van der Waals surface area contributed by atoms with E-state index in [1.54, 1.807) is 24.0 Å². The molecular weight excluding hydrogens is 236 g/mol. The Labute approximate surface area is 103 Å². The highest BCUT2D eigenvalue weighted by molar-refractivity contribution is 5.46. The van der Waals surface area contributed by atoms with Crippen molar-refractivity contribution in [2.75, 3.05) is 11.1 Å². The molecule has 0 unspecified atom stereocenters. The minimum absolute atomic E-state index is 0.179. The van der Waals surface area contributed by atoms with E-state index < -0.39 is 4.92 Å². The number of rotatable bonds is 4. The predicted molar refractivity (Wildman–Crippen MR) is 65.8 cm³/mol. The highest BCUT2D eigenvalue weighted by Crippen LogP contribution is 2.14. The summed E-state index contributed by atoms with van der Waals surface area (Å²) in [5, 5.41) is 17.5. The number of nitro groups is 1. The molecule has 0 aliphatic rings. The number of nitrogens with zero attached hydrogens (tertiary/aromatic N) is 4. The molecule has 3 N–H and O–H groups in total. The van der Waals surface area contributed by atoms with Gasteiger partial charge >= 0.3 is 5.82 Å². The van der Waals surface area contributed by atoms with Crippen molar-refractivity contribution in [3.63, 3.8) is 0 Å². The van der Waals surface area contributed by atoms with E-state index in [1.807, 2.05) is 0 Å². The lowest BCUT2D eigenvalue weighted by atomic mass is 10.3. The third kappa shape index (κ3) is 2.37. The molecule has 94 valence electrons. The molecule has 0 saturated carbocycles.